The minimum Gasteiger partial charge on any atom is -0.462 e. The lowest BCUT2D eigenvalue weighted by molar-refractivity contribution is -0.146. The van der Waals surface area contributed by atoms with Gasteiger partial charge < -0.3 is 14.8 Å². The molecule has 1 aliphatic carbocycles. The molecule has 0 aliphatic heterocycles. The largest absolute Gasteiger partial charge is 0.462 e. The van der Waals surface area contributed by atoms with Gasteiger partial charge in [0.25, 0.3) is 0 Å². The van der Waals surface area contributed by atoms with Crippen molar-refractivity contribution >= 4 is 5.97 Å². The Labute approximate surface area is 91.3 Å². The Morgan fingerprint density at radius 1 is 1.47 bits per heavy atom. The van der Waals surface area contributed by atoms with Crippen molar-refractivity contribution in [3.8, 4) is 0 Å². The van der Waals surface area contributed by atoms with E-state index < -0.39 is 0 Å². The number of ether oxygens (including phenoxy) is 2. The van der Waals surface area contributed by atoms with Crippen LogP contribution < -0.4 is 5.32 Å². The summed E-state index contributed by atoms with van der Waals surface area (Å²) in [6.07, 6.45) is 3.33. The molecule has 0 aromatic carbocycles. The molecule has 0 heterocycles. The van der Waals surface area contributed by atoms with Crippen LogP contribution in [0.25, 0.3) is 0 Å². The second-order valence-electron chi connectivity index (χ2n) is 4.38. The Kier molecular flexibility index (Phi) is 4.54. The van der Waals surface area contributed by atoms with E-state index in [2.05, 4.69) is 5.32 Å². The van der Waals surface area contributed by atoms with E-state index in [4.69, 9.17) is 9.47 Å². The number of carbonyl (C=O) groups is 1. The molecule has 1 rings (SSSR count). The number of carbonyl (C=O) groups excluding carboxylic acids is 1. The number of methoxy groups -OCH3 is 1. The Balaban J connectivity index is 2.12. The topological polar surface area (TPSA) is 47.6 Å². The fourth-order valence-corrected chi connectivity index (χ4v) is 1.72. The summed E-state index contributed by atoms with van der Waals surface area (Å²) < 4.78 is 10.4. The maximum absolute atomic E-state index is 11.2. The summed E-state index contributed by atoms with van der Waals surface area (Å²) in [6, 6.07) is 0. The molecule has 0 aromatic rings. The maximum Gasteiger partial charge on any atom is 0.320 e. The van der Waals surface area contributed by atoms with Gasteiger partial charge in [-0.05, 0) is 33.1 Å². The van der Waals surface area contributed by atoms with E-state index in [-0.39, 0.29) is 24.2 Å². The van der Waals surface area contributed by atoms with E-state index >= 15 is 0 Å². The second-order valence-corrected chi connectivity index (χ2v) is 4.38. The van der Waals surface area contributed by atoms with Crippen LogP contribution in [0, 0.1) is 0 Å². The van der Waals surface area contributed by atoms with Gasteiger partial charge in [0.15, 0.2) is 0 Å². The molecular weight excluding hydrogens is 194 g/mol. The number of hydrogen-bond donors (Lipinski definition) is 1. The van der Waals surface area contributed by atoms with Gasteiger partial charge in [-0.15, -0.1) is 0 Å². The van der Waals surface area contributed by atoms with Gasteiger partial charge in [-0.3, -0.25) is 4.79 Å². The SMILES string of the molecule is COC1(CNCC(=O)OC(C)C)CCC1. The zero-order valence-electron chi connectivity index (χ0n) is 9.84. The van der Waals surface area contributed by atoms with Crippen LogP contribution in [0.1, 0.15) is 33.1 Å². The van der Waals surface area contributed by atoms with E-state index in [1.807, 2.05) is 13.8 Å². The monoisotopic (exact) mass is 215 g/mol. The first kappa shape index (κ1) is 12.5. The van der Waals surface area contributed by atoms with Crippen LogP contribution in [-0.4, -0.2) is 37.9 Å². The van der Waals surface area contributed by atoms with Crippen molar-refractivity contribution in [3.05, 3.63) is 0 Å². The summed E-state index contributed by atoms with van der Waals surface area (Å²) >= 11 is 0. The molecule has 0 aromatic heterocycles. The first-order valence-corrected chi connectivity index (χ1v) is 5.53. The van der Waals surface area contributed by atoms with Gasteiger partial charge in [0.2, 0.25) is 0 Å². The van der Waals surface area contributed by atoms with Crippen LogP contribution in [0.5, 0.6) is 0 Å². The predicted octanol–water partition coefficient (Wildman–Crippen LogP) is 1.10. The standard InChI is InChI=1S/C11H21NO3/c1-9(2)15-10(13)7-12-8-11(14-3)5-4-6-11/h9,12H,4-8H2,1-3H3. The number of nitrogens with one attached hydrogen (secondary N) is 1. The van der Waals surface area contributed by atoms with Crippen molar-refractivity contribution in [1.82, 2.24) is 5.32 Å². The van der Waals surface area contributed by atoms with Crippen LogP contribution in [0.2, 0.25) is 0 Å². The summed E-state index contributed by atoms with van der Waals surface area (Å²) in [5.41, 5.74) is -0.0297. The average Bonchev–Trinajstić information content (AvgIpc) is 2.08. The van der Waals surface area contributed by atoms with Gasteiger partial charge in [-0.1, -0.05) is 0 Å². The van der Waals surface area contributed by atoms with Gasteiger partial charge in [-0.2, -0.15) is 0 Å². The molecular formula is C11H21NO3. The number of rotatable bonds is 6. The molecule has 0 atom stereocenters. The highest BCUT2D eigenvalue weighted by Gasteiger charge is 2.36. The Morgan fingerprint density at radius 2 is 2.13 bits per heavy atom. The fraction of sp³-hybridized carbons (Fsp3) is 0.909. The zero-order valence-corrected chi connectivity index (χ0v) is 9.84. The van der Waals surface area contributed by atoms with E-state index in [1.54, 1.807) is 7.11 Å². The third-order valence-electron chi connectivity index (χ3n) is 2.78. The molecule has 1 fully saturated rings. The van der Waals surface area contributed by atoms with Gasteiger partial charge in [0.05, 0.1) is 18.2 Å². The maximum atomic E-state index is 11.2. The molecule has 88 valence electrons. The van der Waals surface area contributed by atoms with Crippen molar-refractivity contribution in [2.45, 2.75) is 44.8 Å². The molecule has 4 heteroatoms. The van der Waals surface area contributed by atoms with E-state index in [1.165, 1.54) is 6.42 Å². The molecule has 1 N–H and O–H groups in total. The quantitative estimate of drug-likeness (QED) is 0.674. The van der Waals surface area contributed by atoms with E-state index in [9.17, 15) is 4.79 Å². The highest BCUT2D eigenvalue weighted by molar-refractivity contribution is 5.71. The summed E-state index contributed by atoms with van der Waals surface area (Å²) in [7, 11) is 1.73. The molecule has 4 nitrogen and oxygen atoms in total. The molecule has 15 heavy (non-hydrogen) atoms. The summed E-state index contributed by atoms with van der Waals surface area (Å²) in [5.74, 6) is -0.199. The summed E-state index contributed by atoms with van der Waals surface area (Å²) in [4.78, 5) is 11.2. The molecule has 0 amide bonds. The lowest BCUT2D eigenvalue weighted by Crippen LogP contribution is -2.49. The minimum atomic E-state index is -0.199. The average molecular weight is 215 g/mol. The highest BCUT2D eigenvalue weighted by Crippen LogP contribution is 2.34. The lowest BCUT2D eigenvalue weighted by atomic mass is 9.80. The zero-order chi connectivity index (χ0) is 11.3. The molecule has 0 bridgehead atoms. The van der Waals surface area contributed by atoms with Crippen LogP contribution in [0.15, 0.2) is 0 Å². The number of esters is 1. The Hall–Kier alpha value is -0.610. The van der Waals surface area contributed by atoms with Crippen LogP contribution in [-0.2, 0) is 14.3 Å². The van der Waals surface area contributed by atoms with Gasteiger partial charge in [0.1, 0.15) is 0 Å². The molecule has 1 saturated carbocycles. The van der Waals surface area contributed by atoms with Gasteiger partial charge >= 0.3 is 5.97 Å². The summed E-state index contributed by atoms with van der Waals surface area (Å²) in [5, 5.41) is 3.08. The molecule has 0 spiro atoms. The Bertz CT molecular complexity index is 206. The van der Waals surface area contributed by atoms with Crippen LogP contribution >= 0.6 is 0 Å². The number of hydrogen-bond acceptors (Lipinski definition) is 4. The van der Waals surface area contributed by atoms with Crippen molar-refractivity contribution < 1.29 is 14.3 Å². The third kappa shape index (κ3) is 3.80. The minimum absolute atomic E-state index is 0.0297. The van der Waals surface area contributed by atoms with Gasteiger partial charge in [0, 0.05) is 13.7 Å². The van der Waals surface area contributed by atoms with E-state index in [0.29, 0.717) is 0 Å². The Morgan fingerprint density at radius 3 is 2.53 bits per heavy atom. The smallest absolute Gasteiger partial charge is 0.320 e. The summed E-state index contributed by atoms with van der Waals surface area (Å²) in [6.45, 7) is 4.70. The molecule has 0 unspecified atom stereocenters. The van der Waals surface area contributed by atoms with Crippen molar-refractivity contribution in [1.29, 1.82) is 0 Å². The van der Waals surface area contributed by atoms with Crippen molar-refractivity contribution in [2.24, 2.45) is 0 Å². The molecule has 1 aliphatic rings. The van der Waals surface area contributed by atoms with Crippen molar-refractivity contribution in [3.63, 3.8) is 0 Å². The first-order chi connectivity index (χ1) is 7.08. The van der Waals surface area contributed by atoms with E-state index in [0.717, 1.165) is 19.4 Å². The van der Waals surface area contributed by atoms with Crippen LogP contribution in [0.3, 0.4) is 0 Å². The van der Waals surface area contributed by atoms with Gasteiger partial charge in [-0.25, -0.2) is 0 Å². The highest BCUT2D eigenvalue weighted by atomic mass is 16.5. The second kappa shape index (κ2) is 5.47. The third-order valence-corrected chi connectivity index (χ3v) is 2.78. The predicted molar refractivity (Wildman–Crippen MR) is 57.7 cm³/mol. The molecule has 0 saturated heterocycles. The molecule has 0 radical (unpaired) electrons. The van der Waals surface area contributed by atoms with Crippen molar-refractivity contribution in [2.75, 3.05) is 20.2 Å². The first-order valence-electron chi connectivity index (χ1n) is 5.53. The van der Waals surface area contributed by atoms with Crippen LogP contribution in [0.4, 0.5) is 0 Å². The fourth-order valence-electron chi connectivity index (χ4n) is 1.72. The lowest BCUT2D eigenvalue weighted by Gasteiger charge is -2.40. The normalized spacial score (nSPS) is 18.7.